The number of aldehydes is 1. The topological polar surface area (TPSA) is 64.0 Å². The number of pyridine rings is 2. The first-order chi connectivity index (χ1) is 9.13. The molecule has 1 N–H and O–H groups in total. The van der Waals surface area contributed by atoms with Gasteiger partial charge < -0.3 is 9.88 Å². The molecule has 0 bridgehead atoms. The van der Waals surface area contributed by atoms with Gasteiger partial charge in [0.2, 0.25) is 0 Å². The van der Waals surface area contributed by atoms with E-state index in [1.165, 1.54) is 4.57 Å². The van der Waals surface area contributed by atoms with Crippen molar-refractivity contribution >= 4 is 12.0 Å². The monoisotopic (exact) mass is 257 g/mol. The lowest BCUT2D eigenvalue weighted by molar-refractivity contribution is 0.112. The third-order valence-electron chi connectivity index (χ3n) is 3.03. The Kier molecular flexibility index (Phi) is 3.75. The zero-order valence-electron chi connectivity index (χ0n) is 10.9. The molecule has 0 radical (unpaired) electrons. The second-order valence-electron chi connectivity index (χ2n) is 4.31. The Balaban J connectivity index is 2.30. The molecule has 0 amide bonds. The number of hydrogen-bond donors (Lipinski definition) is 1. The molecule has 0 aliphatic carbocycles. The van der Waals surface area contributed by atoms with E-state index in [2.05, 4.69) is 10.3 Å². The minimum Gasteiger partial charge on any atom is -0.380 e. The largest absolute Gasteiger partial charge is 0.380 e. The van der Waals surface area contributed by atoms with Crippen LogP contribution in [0, 0.1) is 6.92 Å². The summed E-state index contributed by atoms with van der Waals surface area (Å²) in [6.07, 6.45) is 4.03. The Hall–Kier alpha value is -2.43. The number of anilines is 1. The van der Waals surface area contributed by atoms with Gasteiger partial charge in [0.15, 0.2) is 6.29 Å². The quantitative estimate of drug-likeness (QED) is 0.843. The van der Waals surface area contributed by atoms with Crippen molar-refractivity contribution < 1.29 is 4.79 Å². The average Bonchev–Trinajstić information content (AvgIpc) is 2.44. The molecule has 0 spiro atoms. The lowest BCUT2D eigenvalue weighted by atomic mass is 10.2. The summed E-state index contributed by atoms with van der Waals surface area (Å²) in [6.45, 7) is 2.34. The van der Waals surface area contributed by atoms with Crippen molar-refractivity contribution in [1.29, 1.82) is 0 Å². The van der Waals surface area contributed by atoms with Crippen LogP contribution in [0.15, 0.2) is 35.4 Å². The van der Waals surface area contributed by atoms with E-state index in [1.54, 1.807) is 25.5 Å². The van der Waals surface area contributed by atoms with E-state index in [4.69, 9.17) is 0 Å². The predicted octanol–water partition coefficient (Wildman–Crippen LogP) is 1.51. The summed E-state index contributed by atoms with van der Waals surface area (Å²) in [5.41, 5.74) is 2.20. The Bertz CT molecular complexity index is 648. The fourth-order valence-electron chi connectivity index (χ4n) is 1.80. The molecule has 2 heterocycles. The van der Waals surface area contributed by atoms with E-state index >= 15 is 0 Å². The Morgan fingerprint density at radius 3 is 2.89 bits per heavy atom. The molecule has 2 rings (SSSR count). The highest BCUT2D eigenvalue weighted by atomic mass is 16.1. The van der Waals surface area contributed by atoms with Crippen molar-refractivity contribution in [1.82, 2.24) is 9.55 Å². The van der Waals surface area contributed by atoms with Crippen LogP contribution in [-0.2, 0) is 13.6 Å². The number of carbonyl (C=O) groups is 1. The first-order valence-corrected chi connectivity index (χ1v) is 5.92. The fraction of sp³-hybridized carbons (Fsp3) is 0.214. The normalized spacial score (nSPS) is 10.2. The zero-order valence-corrected chi connectivity index (χ0v) is 10.9. The van der Waals surface area contributed by atoms with E-state index < -0.39 is 0 Å². The van der Waals surface area contributed by atoms with Gasteiger partial charge in [-0.05, 0) is 24.6 Å². The van der Waals surface area contributed by atoms with Gasteiger partial charge in [0.1, 0.15) is 5.56 Å². The number of rotatable bonds is 4. The summed E-state index contributed by atoms with van der Waals surface area (Å²) in [4.78, 5) is 27.0. The smallest absolute Gasteiger partial charge is 0.263 e. The summed E-state index contributed by atoms with van der Waals surface area (Å²) in [6, 6.07) is 5.56. The second kappa shape index (κ2) is 5.48. The maximum Gasteiger partial charge on any atom is 0.263 e. The van der Waals surface area contributed by atoms with Crippen molar-refractivity contribution in [3.63, 3.8) is 0 Å². The maximum atomic E-state index is 11.9. The van der Waals surface area contributed by atoms with Crippen molar-refractivity contribution in [2.24, 2.45) is 7.05 Å². The van der Waals surface area contributed by atoms with Gasteiger partial charge in [-0.1, -0.05) is 6.07 Å². The van der Waals surface area contributed by atoms with Gasteiger partial charge in [-0.2, -0.15) is 0 Å². The van der Waals surface area contributed by atoms with Gasteiger partial charge in [-0.15, -0.1) is 0 Å². The second-order valence-corrected chi connectivity index (χ2v) is 4.31. The lowest BCUT2D eigenvalue weighted by Gasteiger charge is -2.12. The number of aryl methyl sites for hydroxylation is 1. The molecule has 0 aliphatic rings. The molecule has 0 saturated carbocycles. The SMILES string of the molecule is Cc1cc(NCc2cccnc2)c(C=O)c(=O)n1C. The molecular weight excluding hydrogens is 242 g/mol. The molecule has 0 saturated heterocycles. The van der Waals surface area contributed by atoms with Gasteiger partial charge in [-0.3, -0.25) is 14.6 Å². The van der Waals surface area contributed by atoms with Crippen LogP contribution in [0.5, 0.6) is 0 Å². The van der Waals surface area contributed by atoms with Crippen molar-refractivity contribution in [3.8, 4) is 0 Å². The number of nitrogens with zero attached hydrogens (tertiary/aromatic N) is 2. The molecule has 5 nitrogen and oxygen atoms in total. The molecule has 98 valence electrons. The van der Waals surface area contributed by atoms with Gasteiger partial charge in [-0.25, -0.2) is 0 Å². The lowest BCUT2D eigenvalue weighted by Crippen LogP contribution is -2.24. The number of nitrogens with one attached hydrogen (secondary N) is 1. The van der Waals surface area contributed by atoms with Crippen LogP contribution in [0.4, 0.5) is 5.69 Å². The minimum absolute atomic E-state index is 0.150. The number of hydrogen-bond acceptors (Lipinski definition) is 4. The van der Waals surface area contributed by atoms with Gasteiger partial charge in [0.05, 0.1) is 5.69 Å². The van der Waals surface area contributed by atoms with E-state index in [0.717, 1.165) is 11.3 Å². The molecule has 0 unspecified atom stereocenters. The third-order valence-corrected chi connectivity index (χ3v) is 3.03. The van der Waals surface area contributed by atoms with Crippen LogP contribution in [0.3, 0.4) is 0 Å². The van der Waals surface area contributed by atoms with Crippen LogP contribution in [0.2, 0.25) is 0 Å². The molecule has 0 aliphatic heterocycles. The van der Waals surface area contributed by atoms with E-state index in [9.17, 15) is 9.59 Å². The van der Waals surface area contributed by atoms with Crippen molar-refractivity contribution in [2.45, 2.75) is 13.5 Å². The zero-order chi connectivity index (χ0) is 13.8. The predicted molar refractivity (Wildman–Crippen MR) is 73.4 cm³/mol. The average molecular weight is 257 g/mol. The molecule has 0 aromatic carbocycles. The van der Waals surface area contributed by atoms with Gasteiger partial charge >= 0.3 is 0 Å². The van der Waals surface area contributed by atoms with Crippen LogP contribution in [-0.4, -0.2) is 15.8 Å². The number of aromatic nitrogens is 2. The third kappa shape index (κ3) is 2.70. The molecule has 5 heteroatoms. The summed E-state index contributed by atoms with van der Waals surface area (Å²) < 4.78 is 1.46. The Morgan fingerprint density at radius 1 is 1.47 bits per heavy atom. The summed E-state index contributed by atoms with van der Waals surface area (Å²) in [7, 11) is 1.65. The van der Waals surface area contributed by atoms with Crippen LogP contribution in [0.1, 0.15) is 21.6 Å². The maximum absolute atomic E-state index is 11.9. The Morgan fingerprint density at radius 2 is 2.26 bits per heavy atom. The highest BCUT2D eigenvalue weighted by Gasteiger charge is 2.10. The highest BCUT2D eigenvalue weighted by molar-refractivity contribution is 5.83. The molecular formula is C14H15N3O2. The summed E-state index contributed by atoms with van der Waals surface area (Å²) in [5, 5.41) is 3.10. The molecule has 0 atom stereocenters. The molecule has 2 aromatic heterocycles. The van der Waals surface area contributed by atoms with Gasteiger partial charge in [0, 0.05) is 31.7 Å². The first kappa shape index (κ1) is 13.0. The van der Waals surface area contributed by atoms with E-state index in [1.807, 2.05) is 19.1 Å². The fourth-order valence-corrected chi connectivity index (χ4v) is 1.80. The van der Waals surface area contributed by atoms with Crippen molar-refractivity contribution in [3.05, 3.63) is 57.8 Å². The first-order valence-electron chi connectivity index (χ1n) is 5.92. The summed E-state index contributed by atoms with van der Waals surface area (Å²) in [5.74, 6) is 0. The standard InChI is InChI=1S/C14H15N3O2/c1-10-6-13(12(9-18)14(19)17(10)2)16-8-11-4-3-5-15-7-11/h3-7,9,16H,8H2,1-2H3. The van der Waals surface area contributed by atoms with Crippen LogP contribution in [0.25, 0.3) is 0 Å². The molecule has 2 aromatic rings. The molecule has 19 heavy (non-hydrogen) atoms. The van der Waals surface area contributed by atoms with Crippen LogP contribution < -0.4 is 10.9 Å². The Labute approximate surface area is 110 Å². The minimum atomic E-state index is -0.288. The van der Waals surface area contributed by atoms with Crippen molar-refractivity contribution in [2.75, 3.05) is 5.32 Å². The van der Waals surface area contributed by atoms with E-state index in [-0.39, 0.29) is 11.1 Å². The van der Waals surface area contributed by atoms with Gasteiger partial charge in [0.25, 0.3) is 5.56 Å². The van der Waals surface area contributed by atoms with Crippen LogP contribution >= 0.6 is 0 Å². The molecule has 0 fully saturated rings. The number of carbonyl (C=O) groups excluding carboxylic acids is 1. The summed E-state index contributed by atoms with van der Waals surface area (Å²) >= 11 is 0. The highest BCUT2D eigenvalue weighted by Crippen LogP contribution is 2.13. The van der Waals surface area contributed by atoms with E-state index in [0.29, 0.717) is 18.5 Å².